The van der Waals surface area contributed by atoms with E-state index in [1.807, 2.05) is 6.19 Å². The van der Waals surface area contributed by atoms with Crippen molar-refractivity contribution in [3.05, 3.63) is 58.7 Å². The topological polar surface area (TPSA) is 56.1 Å². The average Bonchev–Trinajstić information content (AvgIpc) is 2.72. The van der Waals surface area contributed by atoms with Crippen molar-refractivity contribution in [1.29, 1.82) is 5.26 Å². The molecule has 0 saturated carbocycles. The smallest absolute Gasteiger partial charge is 0.322 e. The lowest BCUT2D eigenvalue weighted by atomic mass is 9.90. The van der Waals surface area contributed by atoms with Gasteiger partial charge in [0.05, 0.1) is 12.2 Å². The van der Waals surface area contributed by atoms with Gasteiger partial charge >= 0.3 is 18.0 Å². The van der Waals surface area contributed by atoms with Crippen LogP contribution in [0.2, 0.25) is 0 Å². The summed E-state index contributed by atoms with van der Waals surface area (Å²) in [4.78, 5) is 13.8. The molecule has 11 heteroatoms. The number of benzene rings is 2. The normalized spacial score (nSPS) is 12.0. The number of rotatable bonds is 5. The molecule has 0 aliphatic heterocycles. The predicted molar refractivity (Wildman–Crippen MR) is 107 cm³/mol. The van der Waals surface area contributed by atoms with Gasteiger partial charge in [0, 0.05) is 16.8 Å². The van der Waals surface area contributed by atoms with Crippen molar-refractivity contribution in [2.24, 2.45) is 0 Å². The van der Waals surface area contributed by atoms with E-state index in [0.29, 0.717) is 17.8 Å². The molecule has 0 aliphatic carbocycles. The van der Waals surface area contributed by atoms with Crippen LogP contribution < -0.4 is 10.2 Å². The number of hydrogen-bond donors (Lipinski definition) is 1. The largest absolute Gasteiger partial charge is 0.435 e. The Morgan fingerprint density at radius 3 is 2.03 bits per heavy atom. The average molecular weight is 471 g/mol. The standard InChI is InChI=1S/C22H16F7N3O/c1-4-8-32(12-30)17-7-5-6-15(11-17)19(33)31-18-13(2)9-16(10-14(18)3)20(23,21(24,25)26)22(27,28)29/h1,5-7,9-11H,8H2,2-3H3,(H,31,33). The number of alkyl halides is 7. The molecule has 4 nitrogen and oxygen atoms in total. The van der Waals surface area contributed by atoms with E-state index in [4.69, 9.17) is 11.7 Å². The Bertz CT molecular complexity index is 1100. The lowest BCUT2D eigenvalue weighted by Crippen LogP contribution is -2.50. The van der Waals surface area contributed by atoms with Gasteiger partial charge in [-0.3, -0.25) is 9.69 Å². The van der Waals surface area contributed by atoms with E-state index in [0.717, 1.165) is 18.7 Å². The number of nitrogens with zero attached hydrogens (tertiary/aromatic N) is 2. The zero-order valence-corrected chi connectivity index (χ0v) is 17.2. The third-order valence-corrected chi connectivity index (χ3v) is 4.74. The summed E-state index contributed by atoms with van der Waals surface area (Å²) in [5.74, 6) is 1.51. The minimum atomic E-state index is -6.25. The maximum absolute atomic E-state index is 14.4. The number of nitrogens with one attached hydrogen (secondary N) is 1. The van der Waals surface area contributed by atoms with Crippen LogP contribution in [-0.2, 0) is 5.67 Å². The quantitative estimate of drug-likeness (QED) is 0.261. The van der Waals surface area contributed by atoms with Crippen LogP contribution in [-0.4, -0.2) is 24.8 Å². The molecule has 0 spiro atoms. The molecular weight excluding hydrogens is 455 g/mol. The van der Waals surface area contributed by atoms with Crippen molar-refractivity contribution in [3.63, 3.8) is 0 Å². The summed E-state index contributed by atoms with van der Waals surface area (Å²) < 4.78 is 92.8. The number of terminal acetylenes is 1. The molecular formula is C22H16F7N3O. The van der Waals surface area contributed by atoms with Crippen molar-refractivity contribution in [3.8, 4) is 18.5 Å². The van der Waals surface area contributed by atoms with Crippen LogP contribution in [0.4, 0.5) is 42.1 Å². The molecule has 0 bridgehead atoms. The van der Waals surface area contributed by atoms with Crippen LogP contribution in [0.3, 0.4) is 0 Å². The number of carbonyl (C=O) groups excluding carboxylic acids is 1. The lowest BCUT2D eigenvalue weighted by Gasteiger charge is -2.31. The third-order valence-electron chi connectivity index (χ3n) is 4.74. The molecule has 0 aromatic heterocycles. The first kappa shape index (κ1) is 25.5. The molecule has 2 rings (SSSR count). The molecule has 174 valence electrons. The fourth-order valence-corrected chi connectivity index (χ4v) is 3.12. The van der Waals surface area contributed by atoms with E-state index in [1.165, 1.54) is 24.3 Å². The SMILES string of the molecule is C#CCN(C#N)c1cccc(C(=O)Nc2c(C)cc(C(F)(C(F)(F)F)C(F)(F)F)cc2C)c1. The van der Waals surface area contributed by atoms with E-state index >= 15 is 0 Å². The maximum Gasteiger partial charge on any atom is 0.435 e. The Labute approximate surface area is 184 Å². The number of anilines is 2. The van der Waals surface area contributed by atoms with Gasteiger partial charge in [-0.25, -0.2) is 4.39 Å². The monoisotopic (exact) mass is 471 g/mol. The van der Waals surface area contributed by atoms with Crippen LogP contribution in [0.25, 0.3) is 0 Å². The van der Waals surface area contributed by atoms with Crippen LogP contribution in [0.15, 0.2) is 36.4 Å². The summed E-state index contributed by atoms with van der Waals surface area (Å²) in [5.41, 5.74) is -7.39. The van der Waals surface area contributed by atoms with E-state index in [9.17, 15) is 35.5 Å². The van der Waals surface area contributed by atoms with Gasteiger partial charge in [-0.2, -0.15) is 31.6 Å². The fourth-order valence-electron chi connectivity index (χ4n) is 3.12. The Kier molecular flexibility index (Phi) is 6.98. The number of nitriles is 1. The van der Waals surface area contributed by atoms with Crippen LogP contribution in [0.5, 0.6) is 0 Å². The summed E-state index contributed by atoms with van der Waals surface area (Å²) in [6.45, 7) is 2.21. The minimum absolute atomic E-state index is 0.0399. The second kappa shape index (κ2) is 9.02. The van der Waals surface area contributed by atoms with Gasteiger partial charge in [0.25, 0.3) is 5.91 Å². The highest BCUT2D eigenvalue weighted by Gasteiger charge is 2.73. The highest BCUT2D eigenvalue weighted by atomic mass is 19.4. The summed E-state index contributed by atoms with van der Waals surface area (Å²) in [7, 11) is 0. The van der Waals surface area contributed by atoms with E-state index < -0.39 is 29.5 Å². The summed E-state index contributed by atoms with van der Waals surface area (Å²) in [6, 6.07) is 6.46. The van der Waals surface area contributed by atoms with Crippen molar-refractivity contribution in [1.82, 2.24) is 0 Å². The second-order valence-electron chi connectivity index (χ2n) is 7.03. The zero-order valence-electron chi connectivity index (χ0n) is 17.2. The first-order valence-electron chi connectivity index (χ1n) is 9.13. The van der Waals surface area contributed by atoms with Crippen LogP contribution in [0, 0.1) is 37.6 Å². The molecule has 1 N–H and O–H groups in total. The van der Waals surface area contributed by atoms with Gasteiger partial charge in [0.1, 0.15) is 0 Å². The minimum Gasteiger partial charge on any atom is -0.322 e. The molecule has 2 aromatic carbocycles. The Morgan fingerprint density at radius 2 is 1.58 bits per heavy atom. The highest BCUT2D eigenvalue weighted by molar-refractivity contribution is 6.05. The molecule has 0 unspecified atom stereocenters. The summed E-state index contributed by atoms with van der Waals surface area (Å²) >= 11 is 0. The predicted octanol–water partition coefficient (Wildman–Crippen LogP) is 5.77. The molecule has 0 saturated heterocycles. The van der Waals surface area contributed by atoms with Crippen molar-refractivity contribution >= 4 is 17.3 Å². The number of hydrogen-bond acceptors (Lipinski definition) is 3. The van der Waals surface area contributed by atoms with Gasteiger partial charge in [-0.05, 0) is 43.2 Å². The Hall–Kier alpha value is -3.73. The molecule has 1 amide bonds. The highest BCUT2D eigenvalue weighted by Crippen LogP contribution is 2.53. The number of aryl methyl sites for hydroxylation is 2. The molecule has 0 radical (unpaired) electrons. The van der Waals surface area contributed by atoms with Gasteiger partial charge in [-0.1, -0.05) is 24.1 Å². The lowest BCUT2D eigenvalue weighted by molar-refractivity contribution is -0.348. The number of amides is 1. The van der Waals surface area contributed by atoms with E-state index in [-0.39, 0.29) is 28.9 Å². The maximum atomic E-state index is 14.4. The molecule has 0 aliphatic rings. The third kappa shape index (κ3) is 4.87. The molecule has 33 heavy (non-hydrogen) atoms. The number of halogens is 7. The molecule has 0 heterocycles. The summed E-state index contributed by atoms with van der Waals surface area (Å²) in [5, 5.41) is 11.5. The Morgan fingerprint density at radius 1 is 1.03 bits per heavy atom. The summed E-state index contributed by atoms with van der Waals surface area (Å²) in [6.07, 6.45) is -5.48. The molecule has 0 atom stereocenters. The van der Waals surface area contributed by atoms with Gasteiger partial charge < -0.3 is 5.32 Å². The van der Waals surface area contributed by atoms with Crippen LogP contribution in [0.1, 0.15) is 27.0 Å². The van der Waals surface area contributed by atoms with Gasteiger partial charge in [-0.15, -0.1) is 6.42 Å². The fraction of sp³-hybridized carbons (Fsp3) is 0.273. The van der Waals surface area contributed by atoms with Crippen molar-refractivity contribution < 1.29 is 35.5 Å². The zero-order chi connectivity index (χ0) is 25.2. The van der Waals surface area contributed by atoms with Crippen LogP contribution >= 0.6 is 0 Å². The van der Waals surface area contributed by atoms with Gasteiger partial charge in [0.2, 0.25) is 0 Å². The Balaban J connectivity index is 2.45. The first-order valence-corrected chi connectivity index (χ1v) is 9.13. The van der Waals surface area contributed by atoms with E-state index in [2.05, 4.69) is 11.2 Å². The van der Waals surface area contributed by atoms with Gasteiger partial charge in [0.15, 0.2) is 6.19 Å². The first-order chi connectivity index (χ1) is 15.2. The molecule has 0 fully saturated rings. The number of carbonyl (C=O) groups is 1. The second-order valence-corrected chi connectivity index (χ2v) is 7.03. The van der Waals surface area contributed by atoms with Crippen molar-refractivity contribution in [2.45, 2.75) is 31.9 Å². The van der Waals surface area contributed by atoms with E-state index in [1.54, 1.807) is 0 Å². The van der Waals surface area contributed by atoms with Crippen molar-refractivity contribution in [2.75, 3.05) is 16.8 Å². The molecule has 2 aromatic rings.